The molecule has 0 rings (SSSR count). The molecule has 0 bridgehead atoms. The van der Waals surface area contributed by atoms with Gasteiger partial charge in [-0.2, -0.15) is 0 Å². The van der Waals surface area contributed by atoms with Gasteiger partial charge in [-0.05, 0) is 33.5 Å². The first-order valence-corrected chi connectivity index (χ1v) is 4.57. The Bertz CT molecular complexity index is 107. The maximum atomic E-state index is 9.11. The van der Waals surface area contributed by atoms with Crippen molar-refractivity contribution in [1.29, 1.82) is 0 Å². The lowest BCUT2D eigenvalue weighted by Crippen LogP contribution is -2.33. The summed E-state index contributed by atoms with van der Waals surface area (Å²) in [5.41, 5.74) is 0. The van der Waals surface area contributed by atoms with Crippen LogP contribution in [-0.4, -0.2) is 49.8 Å². The molecule has 12 heavy (non-hydrogen) atoms. The molecule has 0 radical (unpaired) electrons. The molecule has 0 aromatic carbocycles. The standard InChI is InChI=1S/C9H22N2O/c1-8(5-10-3)6-11(4)7-9(2)12/h8-10,12H,5-7H2,1-4H3. The maximum absolute atomic E-state index is 9.11. The van der Waals surface area contributed by atoms with Crippen molar-refractivity contribution < 1.29 is 5.11 Å². The Morgan fingerprint density at radius 2 is 1.92 bits per heavy atom. The number of nitrogens with zero attached hydrogens (tertiary/aromatic N) is 1. The van der Waals surface area contributed by atoms with Crippen LogP contribution < -0.4 is 5.32 Å². The van der Waals surface area contributed by atoms with Gasteiger partial charge in [-0.15, -0.1) is 0 Å². The fraction of sp³-hybridized carbons (Fsp3) is 1.00. The van der Waals surface area contributed by atoms with Crippen molar-refractivity contribution >= 4 is 0 Å². The van der Waals surface area contributed by atoms with E-state index >= 15 is 0 Å². The number of nitrogens with one attached hydrogen (secondary N) is 1. The average Bonchev–Trinajstić information content (AvgIpc) is 1.84. The van der Waals surface area contributed by atoms with E-state index in [1.807, 2.05) is 21.0 Å². The Balaban J connectivity index is 3.46. The van der Waals surface area contributed by atoms with Crippen molar-refractivity contribution in [2.75, 3.05) is 33.7 Å². The lowest BCUT2D eigenvalue weighted by Gasteiger charge is -2.22. The molecule has 0 fully saturated rings. The van der Waals surface area contributed by atoms with Gasteiger partial charge in [-0.3, -0.25) is 0 Å². The lowest BCUT2D eigenvalue weighted by atomic mass is 10.1. The molecule has 0 aliphatic carbocycles. The molecule has 3 heteroatoms. The van der Waals surface area contributed by atoms with Crippen molar-refractivity contribution in [1.82, 2.24) is 10.2 Å². The van der Waals surface area contributed by atoms with Gasteiger partial charge in [-0.25, -0.2) is 0 Å². The van der Waals surface area contributed by atoms with E-state index < -0.39 is 0 Å². The Morgan fingerprint density at radius 1 is 1.33 bits per heavy atom. The smallest absolute Gasteiger partial charge is 0.0638 e. The Kier molecular flexibility index (Phi) is 6.34. The van der Waals surface area contributed by atoms with E-state index in [0.29, 0.717) is 5.92 Å². The number of likely N-dealkylation sites (N-methyl/N-ethyl adjacent to an activating group) is 1. The minimum Gasteiger partial charge on any atom is -0.392 e. The molecule has 0 aliphatic rings. The first-order chi connectivity index (χ1) is 5.56. The van der Waals surface area contributed by atoms with E-state index in [2.05, 4.69) is 17.1 Å². The molecule has 0 aromatic heterocycles. The molecule has 0 saturated heterocycles. The fourth-order valence-corrected chi connectivity index (χ4v) is 1.47. The van der Waals surface area contributed by atoms with E-state index in [9.17, 15) is 0 Å². The van der Waals surface area contributed by atoms with E-state index in [1.165, 1.54) is 0 Å². The van der Waals surface area contributed by atoms with Crippen LogP contribution in [0.15, 0.2) is 0 Å². The van der Waals surface area contributed by atoms with Gasteiger partial charge in [0.15, 0.2) is 0 Å². The Morgan fingerprint density at radius 3 is 2.33 bits per heavy atom. The first-order valence-electron chi connectivity index (χ1n) is 4.57. The highest BCUT2D eigenvalue weighted by molar-refractivity contribution is 4.62. The van der Waals surface area contributed by atoms with Gasteiger partial charge in [0.05, 0.1) is 6.10 Å². The van der Waals surface area contributed by atoms with Crippen LogP contribution in [0.1, 0.15) is 13.8 Å². The van der Waals surface area contributed by atoms with Gasteiger partial charge in [0.2, 0.25) is 0 Å². The predicted molar refractivity (Wildman–Crippen MR) is 52.3 cm³/mol. The van der Waals surface area contributed by atoms with Crippen molar-refractivity contribution in [3.63, 3.8) is 0 Å². The fourth-order valence-electron chi connectivity index (χ4n) is 1.47. The third-order valence-corrected chi connectivity index (χ3v) is 1.75. The van der Waals surface area contributed by atoms with Crippen molar-refractivity contribution in [3.05, 3.63) is 0 Å². The first kappa shape index (κ1) is 11.9. The highest BCUT2D eigenvalue weighted by atomic mass is 16.3. The van der Waals surface area contributed by atoms with Gasteiger partial charge < -0.3 is 15.3 Å². The quantitative estimate of drug-likeness (QED) is 0.602. The van der Waals surface area contributed by atoms with Crippen LogP contribution in [0.25, 0.3) is 0 Å². The van der Waals surface area contributed by atoms with Gasteiger partial charge in [0.1, 0.15) is 0 Å². The summed E-state index contributed by atoms with van der Waals surface area (Å²) in [5, 5.41) is 12.2. The second-order valence-electron chi connectivity index (χ2n) is 3.73. The van der Waals surface area contributed by atoms with Crippen molar-refractivity contribution in [3.8, 4) is 0 Å². The molecule has 0 aromatic rings. The molecule has 0 spiro atoms. The number of hydrogen-bond acceptors (Lipinski definition) is 3. The monoisotopic (exact) mass is 174 g/mol. The molecule has 2 N–H and O–H groups in total. The van der Waals surface area contributed by atoms with Crippen LogP contribution in [0.4, 0.5) is 0 Å². The van der Waals surface area contributed by atoms with Gasteiger partial charge >= 0.3 is 0 Å². The molecule has 2 unspecified atom stereocenters. The predicted octanol–water partition coefficient (Wildman–Crippen LogP) is 0.155. The summed E-state index contributed by atoms with van der Waals surface area (Å²) < 4.78 is 0. The summed E-state index contributed by atoms with van der Waals surface area (Å²) in [6.45, 7) is 6.85. The Hall–Kier alpha value is -0.120. The van der Waals surface area contributed by atoms with E-state index in [-0.39, 0.29) is 6.10 Å². The highest BCUT2D eigenvalue weighted by Crippen LogP contribution is 1.97. The van der Waals surface area contributed by atoms with Gasteiger partial charge in [0, 0.05) is 13.1 Å². The summed E-state index contributed by atoms with van der Waals surface area (Å²) in [5.74, 6) is 0.638. The van der Waals surface area contributed by atoms with Crippen LogP contribution in [0.2, 0.25) is 0 Å². The summed E-state index contributed by atoms with van der Waals surface area (Å²) in [6, 6.07) is 0. The van der Waals surface area contributed by atoms with Crippen molar-refractivity contribution in [2.24, 2.45) is 5.92 Å². The topological polar surface area (TPSA) is 35.5 Å². The summed E-state index contributed by atoms with van der Waals surface area (Å²) >= 11 is 0. The molecular formula is C9H22N2O. The zero-order chi connectivity index (χ0) is 9.56. The number of hydrogen-bond donors (Lipinski definition) is 2. The van der Waals surface area contributed by atoms with E-state index in [0.717, 1.165) is 19.6 Å². The average molecular weight is 174 g/mol. The molecule has 0 aliphatic heterocycles. The SMILES string of the molecule is CNCC(C)CN(C)CC(C)O. The minimum atomic E-state index is -0.225. The number of aliphatic hydroxyl groups is 1. The number of aliphatic hydroxyl groups excluding tert-OH is 1. The van der Waals surface area contributed by atoms with Crippen LogP contribution in [-0.2, 0) is 0 Å². The summed E-state index contributed by atoms with van der Waals surface area (Å²) in [7, 11) is 4.00. The van der Waals surface area contributed by atoms with Crippen LogP contribution in [0.5, 0.6) is 0 Å². The van der Waals surface area contributed by atoms with Gasteiger partial charge in [-0.1, -0.05) is 6.92 Å². The maximum Gasteiger partial charge on any atom is 0.0638 e. The molecular weight excluding hydrogens is 152 g/mol. The van der Waals surface area contributed by atoms with Crippen LogP contribution in [0.3, 0.4) is 0 Å². The van der Waals surface area contributed by atoms with Crippen molar-refractivity contribution in [2.45, 2.75) is 20.0 Å². The third kappa shape index (κ3) is 6.58. The largest absolute Gasteiger partial charge is 0.392 e. The normalized spacial score (nSPS) is 16.5. The minimum absolute atomic E-state index is 0.225. The van der Waals surface area contributed by atoms with E-state index in [1.54, 1.807) is 0 Å². The number of rotatable bonds is 6. The second-order valence-corrected chi connectivity index (χ2v) is 3.73. The zero-order valence-electron chi connectivity index (χ0n) is 8.67. The molecule has 74 valence electrons. The molecule has 0 heterocycles. The third-order valence-electron chi connectivity index (χ3n) is 1.75. The second kappa shape index (κ2) is 6.40. The zero-order valence-corrected chi connectivity index (χ0v) is 8.67. The highest BCUT2D eigenvalue weighted by Gasteiger charge is 2.06. The van der Waals surface area contributed by atoms with Crippen LogP contribution in [0, 0.1) is 5.92 Å². The summed E-state index contributed by atoms with van der Waals surface area (Å²) in [4.78, 5) is 2.16. The molecule has 0 amide bonds. The molecule has 3 nitrogen and oxygen atoms in total. The lowest BCUT2D eigenvalue weighted by molar-refractivity contribution is 0.133. The van der Waals surface area contributed by atoms with Crippen LogP contribution >= 0.6 is 0 Å². The van der Waals surface area contributed by atoms with E-state index in [4.69, 9.17) is 5.11 Å². The summed E-state index contributed by atoms with van der Waals surface area (Å²) in [6.07, 6.45) is -0.225. The molecule has 2 atom stereocenters. The Labute approximate surface area is 75.8 Å². The molecule has 0 saturated carbocycles. The van der Waals surface area contributed by atoms with Gasteiger partial charge in [0.25, 0.3) is 0 Å².